The number of fused-ring (bicyclic) bond motifs is 1. The Labute approximate surface area is 179 Å². The Morgan fingerprint density at radius 2 is 1.58 bits per heavy atom. The van der Waals surface area contributed by atoms with Gasteiger partial charge < -0.3 is 5.73 Å². The molecule has 2 N–H and O–H groups in total. The molecular formula is C26H21FN4. The highest BCUT2D eigenvalue weighted by molar-refractivity contribution is 5.89. The maximum atomic E-state index is 15.8. The lowest BCUT2D eigenvalue weighted by Crippen LogP contribution is -2.02. The van der Waals surface area contributed by atoms with E-state index in [-0.39, 0.29) is 5.82 Å². The van der Waals surface area contributed by atoms with Gasteiger partial charge in [0.1, 0.15) is 5.52 Å². The number of nitrogens with two attached hydrogens (primary N) is 1. The fourth-order valence-corrected chi connectivity index (χ4v) is 3.93. The third-order valence-electron chi connectivity index (χ3n) is 5.57. The fourth-order valence-electron chi connectivity index (χ4n) is 3.93. The van der Waals surface area contributed by atoms with Gasteiger partial charge in [-0.2, -0.15) is 5.10 Å². The summed E-state index contributed by atoms with van der Waals surface area (Å²) in [6.45, 7) is 2.32. The van der Waals surface area contributed by atoms with Gasteiger partial charge in [-0.1, -0.05) is 48.5 Å². The first-order chi connectivity index (χ1) is 15.2. The summed E-state index contributed by atoms with van der Waals surface area (Å²) in [6, 6.07) is 23.3. The average Bonchev–Trinajstić information content (AvgIpc) is 3.17. The molecule has 0 fully saturated rings. The van der Waals surface area contributed by atoms with Crippen LogP contribution in [0.15, 0.2) is 85.2 Å². The Balaban J connectivity index is 1.63. The summed E-state index contributed by atoms with van der Waals surface area (Å²) in [5, 5.41) is 5.41. The van der Waals surface area contributed by atoms with Gasteiger partial charge in [-0.3, -0.25) is 4.98 Å². The zero-order chi connectivity index (χ0) is 21.4. The molecule has 3 aromatic carbocycles. The van der Waals surface area contributed by atoms with E-state index in [2.05, 4.69) is 10.1 Å². The highest BCUT2D eigenvalue weighted by Gasteiger charge is 2.18. The second-order valence-corrected chi connectivity index (χ2v) is 7.51. The van der Waals surface area contributed by atoms with Crippen LogP contribution in [-0.2, 0) is 6.54 Å². The monoisotopic (exact) mass is 408 g/mol. The van der Waals surface area contributed by atoms with Crippen molar-refractivity contribution in [3.63, 3.8) is 0 Å². The number of hydrogen-bond acceptors (Lipinski definition) is 3. The first-order valence-corrected chi connectivity index (χ1v) is 10.1. The van der Waals surface area contributed by atoms with Crippen molar-refractivity contribution in [1.82, 2.24) is 14.8 Å². The summed E-state index contributed by atoms with van der Waals surface area (Å²) in [5.74, 6) is -0.284. The number of benzene rings is 3. The summed E-state index contributed by atoms with van der Waals surface area (Å²) < 4.78 is 17.5. The van der Waals surface area contributed by atoms with Crippen LogP contribution in [0.2, 0.25) is 0 Å². The molecule has 0 amide bonds. The van der Waals surface area contributed by atoms with Crippen molar-refractivity contribution < 1.29 is 4.39 Å². The maximum Gasteiger partial charge on any atom is 0.157 e. The summed E-state index contributed by atoms with van der Waals surface area (Å²) in [7, 11) is 0. The van der Waals surface area contributed by atoms with Crippen LogP contribution in [0.1, 0.15) is 11.3 Å². The van der Waals surface area contributed by atoms with Crippen LogP contribution in [0.4, 0.5) is 4.39 Å². The zero-order valence-electron chi connectivity index (χ0n) is 17.1. The molecule has 4 nitrogen and oxygen atoms in total. The lowest BCUT2D eigenvalue weighted by Gasteiger charge is -2.10. The van der Waals surface area contributed by atoms with Crippen LogP contribution in [-0.4, -0.2) is 14.8 Å². The van der Waals surface area contributed by atoms with Gasteiger partial charge in [0.15, 0.2) is 5.82 Å². The molecule has 0 atom stereocenters. The predicted molar refractivity (Wildman–Crippen MR) is 122 cm³/mol. The van der Waals surface area contributed by atoms with Crippen molar-refractivity contribution in [2.45, 2.75) is 13.5 Å². The SMILES string of the molecule is Cc1nn(-c2cccc(CN)c2)c2c(F)c(-c3ccc(-c4ccncc4)cc3)ccc12. The number of halogens is 1. The van der Waals surface area contributed by atoms with Crippen molar-refractivity contribution in [3.05, 3.63) is 102 Å². The van der Waals surface area contributed by atoms with E-state index in [1.807, 2.05) is 79.7 Å². The predicted octanol–water partition coefficient (Wildman–Crippen LogP) is 5.66. The third-order valence-corrected chi connectivity index (χ3v) is 5.57. The lowest BCUT2D eigenvalue weighted by molar-refractivity contribution is 0.635. The van der Waals surface area contributed by atoms with Crippen molar-refractivity contribution in [2.75, 3.05) is 0 Å². The normalized spacial score (nSPS) is 11.2. The molecule has 0 unspecified atom stereocenters. The number of aromatic nitrogens is 3. The molecule has 0 aliphatic heterocycles. The number of aryl methyl sites for hydroxylation is 1. The van der Waals surface area contributed by atoms with Crippen molar-refractivity contribution in [1.29, 1.82) is 0 Å². The molecule has 0 bridgehead atoms. The van der Waals surface area contributed by atoms with E-state index in [1.165, 1.54) is 0 Å². The Morgan fingerprint density at radius 1 is 0.871 bits per heavy atom. The van der Waals surface area contributed by atoms with Crippen LogP contribution in [0, 0.1) is 12.7 Å². The van der Waals surface area contributed by atoms with E-state index >= 15 is 4.39 Å². The Hall–Kier alpha value is -3.83. The lowest BCUT2D eigenvalue weighted by atomic mass is 9.99. The van der Waals surface area contributed by atoms with Crippen LogP contribution < -0.4 is 5.73 Å². The zero-order valence-corrected chi connectivity index (χ0v) is 17.1. The maximum absolute atomic E-state index is 15.8. The van der Waals surface area contributed by atoms with E-state index in [9.17, 15) is 0 Å². The molecule has 0 saturated heterocycles. The van der Waals surface area contributed by atoms with Gasteiger partial charge in [0.25, 0.3) is 0 Å². The molecule has 0 radical (unpaired) electrons. The highest BCUT2D eigenvalue weighted by atomic mass is 19.1. The summed E-state index contributed by atoms with van der Waals surface area (Å²) in [6.07, 6.45) is 3.53. The van der Waals surface area contributed by atoms with Crippen molar-refractivity contribution in [2.24, 2.45) is 5.73 Å². The fraction of sp³-hybridized carbons (Fsp3) is 0.0769. The molecule has 31 heavy (non-hydrogen) atoms. The molecule has 0 saturated carbocycles. The van der Waals surface area contributed by atoms with E-state index in [1.54, 1.807) is 17.1 Å². The van der Waals surface area contributed by atoms with Gasteiger partial charge in [0.2, 0.25) is 0 Å². The minimum absolute atomic E-state index is 0.284. The number of nitrogens with zero attached hydrogens (tertiary/aromatic N) is 3. The van der Waals surface area contributed by atoms with E-state index < -0.39 is 0 Å². The Bertz CT molecular complexity index is 1370. The topological polar surface area (TPSA) is 56.7 Å². The van der Waals surface area contributed by atoms with E-state index in [4.69, 9.17) is 5.73 Å². The number of hydrogen-bond donors (Lipinski definition) is 1. The van der Waals surface area contributed by atoms with Crippen LogP contribution in [0.25, 0.3) is 38.8 Å². The van der Waals surface area contributed by atoms with Gasteiger partial charge in [-0.15, -0.1) is 0 Å². The molecule has 2 aromatic heterocycles. The molecule has 0 spiro atoms. The summed E-state index contributed by atoms with van der Waals surface area (Å²) in [5.41, 5.74) is 12.3. The second kappa shape index (κ2) is 7.78. The first-order valence-electron chi connectivity index (χ1n) is 10.1. The van der Waals surface area contributed by atoms with Crippen molar-refractivity contribution in [3.8, 4) is 27.9 Å². The molecular weight excluding hydrogens is 387 g/mol. The first kappa shape index (κ1) is 19.2. The van der Waals surface area contributed by atoms with E-state index in [0.717, 1.165) is 39.0 Å². The number of pyridine rings is 1. The quantitative estimate of drug-likeness (QED) is 0.417. The van der Waals surface area contributed by atoms with Crippen molar-refractivity contribution >= 4 is 10.9 Å². The molecule has 5 heteroatoms. The average molecular weight is 408 g/mol. The Morgan fingerprint density at radius 3 is 2.32 bits per heavy atom. The molecule has 2 heterocycles. The van der Waals surface area contributed by atoms with Gasteiger partial charge >= 0.3 is 0 Å². The summed E-state index contributed by atoms with van der Waals surface area (Å²) >= 11 is 0. The largest absolute Gasteiger partial charge is 0.326 e. The third kappa shape index (κ3) is 3.39. The van der Waals surface area contributed by atoms with Gasteiger partial charge in [-0.25, -0.2) is 9.07 Å². The van der Waals surface area contributed by atoms with Crippen LogP contribution in [0.5, 0.6) is 0 Å². The highest BCUT2D eigenvalue weighted by Crippen LogP contribution is 2.33. The standard InChI is InChI=1S/C26H21FN4/c1-17-23-9-10-24(21-7-5-19(6-8-21)20-11-13-29-14-12-20)25(27)26(23)31(30-17)22-4-2-3-18(15-22)16-28/h2-15H,16,28H2,1H3. The molecule has 152 valence electrons. The van der Waals surface area contributed by atoms with E-state index in [0.29, 0.717) is 17.6 Å². The Kier molecular flexibility index (Phi) is 4.81. The number of rotatable bonds is 4. The molecule has 0 aliphatic carbocycles. The van der Waals surface area contributed by atoms with Gasteiger partial charge in [0.05, 0.1) is 11.4 Å². The second-order valence-electron chi connectivity index (χ2n) is 7.51. The summed E-state index contributed by atoms with van der Waals surface area (Å²) in [4.78, 5) is 4.06. The van der Waals surface area contributed by atoms with Crippen LogP contribution >= 0.6 is 0 Å². The minimum atomic E-state index is -0.284. The molecule has 5 aromatic rings. The minimum Gasteiger partial charge on any atom is -0.326 e. The molecule has 5 rings (SSSR count). The van der Waals surface area contributed by atoms with Crippen LogP contribution in [0.3, 0.4) is 0 Å². The smallest absolute Gasteiger partial charge is 0.157 e. The molecule has 0 aliphatic rings. The van der Waals surface area contributed by atoms with Gasteiger partial charge in [0, 0.05) is 29.9 Å². The van der Waals surface area contributed by atoms with Gasteiger partial charge in [-0.05, 0) is 53.4 Å².